The lowest BCUT2D eigenvalue weighted by Gasteiger charge is -2.29. The van der Waals surface area contributed by atoms with Gasteiger partial charge in [0.1, 0.15) is 5.75 Å². The molecule has 1 aliphatic rings. The SMILES string of the molecule is CC1NCCCC1COc1ccc2[c]c[nH]c2c1. The second-order valence-electron chi connectivity index (χ2n) is 5.10. The zero-order valence-electron chi connectivity index (χ0n) is 10.7. The monoisotopic (exact) mass is 243 g/mol. The average molecular weight is 243 g/mol. The molecule has 18 heavy (non-hydrogen) atoms. The molecule has 3 nitrogen and oxygen atoms in total. The molecular weight excluding hydrogens is 224 g/mol. The molecule has 3 rings (SSSR count). The Kier molecular flexibility index (Phi) is 3.24. The number of nitrogens with one attached hydrogen (secondary N) is 2. The highest BCUT2D eigenvalue weighted by atomic mass is 16.5. The van der Waals surface area contributed by atoms with Gasteiger partial charge in [-0.15, -0.1) is 0 Å². The summed E-state index contributed by atoms with van der Waals surface area (Å²) in [5.41, 5.74) is 1.09. The fourth-order valence-corrected chi connectivity index (χ4v) is 2.59. The quantitative estimate of drug-likeness (QED) is 0.869. The fraction of sp³-hybridized carbons (Fsp3) is 0.467. The van der Waals surface area contributed by atoms with Gasteiger partial charge in [0.25, 0.3) is 0 Å². The van der Waals surface area contributed by atoms with Gasteiger partial charge in [-0.05, 0) is 38.4 Å². The smallest absolute Gasteiger partial charge is 0.121 e. The Hall–Kier alpha value is -1.48. The van der Waals surface area contributed by atoms with E-state index in [0.29, 0.717) is 12.0 Å². The van der Waals surface area contributed by atoms with Crippen molar-refractivity contribution in [3.05, 3.63) is 30.5 Å². The molecule has 0 amide bonds. The van der Waals surface area contributed by atoms with Crippen molar-refractivity contribution < 1.29 is 4.74 Å². The van der Waals surface area contributed by atoms with Crippen molar-refractivity contribution in [2.24, 2.45) is 5.92 Å². The maximum absolute atomic E-state index is 5.92. The molecule has 2 heterocycles. The first kappa shape index (κ1) is 11.6. The van der Waals surface area contributed by atoms with E-state index < -0.39 is 0 Å². The zero-order chi connectivity index (χ0) is 12.4. The molecule has 1 aromatic heterocycles. The summed E-state index contributed by atoms with van der Waals surface area (Å²) in [7, 11) is 0. The van der Waals surface area contributed by atoms with Gasteiger partial charge in [0.2, 0.25) is 0 Å². The first-order valence-electron chi connectivity index (χ1n) is 6.68. The molecule has 1 radical (unpaired) electrons. The van der Waals surface area contributed by atoms with E-state index in [1.807, 2.05) is 24.4 Å². The number of rotatable bonds is 3. The van der Waals surface area contributed by atoms with Gasteiger partial charge >= 0.3 is 0 Å². The second kappa shape index (κ2) is 5.02. The minimum Gasteiger partial charge on any atom is -0.493 e. The molecule has 95 valence electrons. The largest absolute Gasteiger partial charge is 0.493 e. The molecule has 2 aromatic rings. The molecule has 2 unspecified atom stereocenters. The number of H-pyrrole nitrogens is 1. The maximum atomic E-state index is 5.92. The van der Waals surface area contributed by atoms with Gasteiger partial charge in [-0.25, -0.2) is 0 Å². The normalized spacial score (nSPS) is 24.3. The number of hydrogen-bond donors (Lipinski definition) is 2. The minimum atomic E-state index is 0.557. The Balaban J connectivity index is 1.65. The Bertz CT molecular complexity index is 520. The number of hydrogen-bond acceptors (Lipinski definition) is 2. The molecule has 1 fully saturated rings. The maximum Gasteiger partial charge on any atom is 0.121 e. The van der Waals surface area contributed by atoms with Gasteiger partial charge in [-0.2, -0.15) is 0 Å². The summed E-state index contributed by atoms with van der Waals surface area (Å²) in [4.78, 5) is 3.16. The molecule has 2 atom stereocenters. The summed E-state index contributed by atoms with van der Waals surface area (Å²) in [5.74, 6) is 1.56. The van der Waals surface area contributed by atoms with Crippen LogP contribution in [0.4, 0.5) is 0 Å². The van der Waals surface area contributed by atoms with E-state index in [1.165, 1.54) is 12.8 Å². The predicted octanol–water partition coefficient (Wildman–Crippen LogP) is 2.73. The van der Waals surface area contributed by atoms with Crippen molar-refractivity contribution in [1.82, 2.24) is 10.3 Å². The number of piperidine rings is 1. The first-order chi connectivity index (χ1) is 8.83. The summed E-state index contributed by atoms with van der Waals surface area (Å²) in [6, 6.07) is 9.81. The molecule has 1 aliphatic heterocycles. The van der Waals surface area contributed by atoms with Crippen LogP contribution in [0.3, 0.4) is 0 Å². The van der Waals surface area contributed by atoms with Crippen molar-refractivity contribution >= 4 is 10.9 Å². The van der Waals surface area contributed by atoms with Crippen molar-refractivity contribution in [1.29, 1.82) is 0 Å². The molecule has 0 saturated carbocycles. The van der Waals surface area contributed by atoms with Crippen LogP contribution in [0.1, 0.15) is 19.8 Å². The summed E-state index contributed by atoms with van der Waals surface area (Å²) in [6.45, 7) is 4.18. The topological polar surface area (TPSA) is 37.0 Å². The van der Waals surface area contributed by atoms with Gasteiger partial charge < -0.3 is 15.0 Å². The Labute approximate surface area is 108 Å². The van der Waals surface area contributed by atoms with E-state index in [9.17, 15) is 0 Å². The highest BCUT2D eigenvalue weighted by Gasteiger charge is 2.21. The van der Waals surface area contributed by atoms with Crippen LogP contribution in [-0.2, 0) is 0 Å². The average Bonchev–Trinajstić information content (AvgIpc) is 2.85. The fourth-order valence-electron chi connectivity index (χ4n) is 2.59. The molecule has 1 saturated heterocycles. The molecule has 1 aromatic carbocycles. The van der Waals surface area contributed by atoms with Crippen LogP contribution in [0, 0.1) is 12.0 Å². The lowest BCUT2D eigenvalue weighted by atomic mass is 9.93. The highest BCUT2D eigenvalue weighted by molar-refractivity contribution is 5.79. The summed E-state index contributed by atoms with van der Waals surface area (Å²) in [6.07, 6.45) is 4.34. The van der Waals surface area contributed by atoms with Crippen LogP contribution in [0.15, 0.2) is 24.4 Å². The predicted molar refractivity (Wildman–Crippen MR) is 72.8 cm³/mol. The van der Waals surface area contributed by atoms with Crippen LogP contribution in [0.5, 0.6) is 5.75 Å². The molecule has 2 N–H and O–H groups in total. The van der Waals surface area contributed by atoms with Crippen LogP contribution in [0.25, 0.3) is 10.9 Å². The molecule has 3 heteroatoms. The van der Waals surface area contributed by atoms with Crippen molar-refractivity contribution in [3.8, 4) is 5.75 Å². The van der Waals surface area contributed by atoms with E-state index in [1.54, 1.807) is 0 Å². The molecule has 0 spiro atoms. The van der Waals surface area contributed by atoms with Crippen molar-refractivity contribution in [2.45, 2.75) is 25.8 Å². The number of aromatic amines is 1. The molecule has 0 bridgehead atoms. The third kappa shape index (κ3) is 2.36. The standard InChI is InChI=1S/C15H19N2O/c1-11-13(3-2-7-16-11)10-18-14-5-4-12-6-8-17-15(12)9-14/h4-5,8-9,11,13,16-17H,2-3,7,10H2,1H3. The van der Waals surface area contributed by atoms with Crippen molar-refractivity contribution in [2.75, 3.05) is 13.2 Å². The Morgan fingerprint density at radius 3 is 3.28 bits per heavy atom. The molecular formula is C15H19N2O. The van der Waals surface area contributed by atoms with Gasteiger partial charge in [0.05, 0.1) is 6.61 Å². The van der Waals surface area contributed by atoms with Gasteiger partial charge in [-0.1, -0.05) is 0 Å². The van der Waals surface area contributed by atoms with E-state index >= 15 is 0 Å². The van der Waals surface area contributed by atoms with Gasteiger partial charge in [-0.3, -0.25) is 0 Å². The van der Waals surface area contributed by atoms with Crippen LogP contribution >= 0.6 is 0 Å². The van der Waals surface area contributed by atoms with Crippen molar-refractivity contribution in [3.63, 3.8) is 0 Å². The van der Waals surface area contributed by atoms with Crippen LogP contribution in [-0.4, -0.2) is 24.2 Å². The summed E-state index contributed by atoms with van der Waals surface area (Å²) >= 11 is 0. The lowest BCUT2D eigenvalue weighted by Crippen LogP contribution is -2.41. The number of ether oxygens (including phenoxy) is 1. The van der Waals surface area contributed by atoms with Gasteiger partial charge in [0, 0.05) is 41.2 Å². The van der Waals surface area contributed by atoms with E-state index in [4.69, 9.17) is 4.74 Å². The second-order valence-corrected chi connectivity index (χ2v) is 5.10. The van der Waals surface area contributed by atoms with E-state index in [-0.39, 0.29) is 0 Å². The number of aromatic nitrogens is 1. The third-order valence-electron chi connectivity index (χ3n) is 3.84. The minimum absolute atomic E-state index is 0.557. The summed E-state index contributed by atoms with van der Waals surface area (Å²) < 4.78 is 5.92. The van der Waals surface area contributed by atoms with E-state index in [2.05, 4.69) is 23.3 Å². The van der Waals surface area contributed by atoms with E-state index in [0.717, 1.165) is 29.8 Å². The third-order valence-corrected chi connectivity index (χ3v) is 3.84. The Morgan fingerprint density at radius 2 is 2.39 bits per heavy atom. The van der Waals surface area contributed by atoms with Crippen LogP contribution in [0.2, 0.25) is 0 Å². The Morgan fingerprint density at radius 1 is 1.44 bits per heavy atom. The van der Waals surface area contributed by atoms with Crippen LogP contribution < -0.4 is 10.1 Å². The highest BCUT2D eigenvalue weighted by Crippen LogP contribution is 2.22. The number of benzene rings is 1. The summed E-state index contributed by atoms with van der Waals surface area (Å²) in [5, 5.41) is 4.61. The lowest BCUT2D eigenvalue weighted by molar-refractivity contribution is 0.183. The first-order valence-corrected chi connectivity index (χ1v) is 6.68. The zero-order valence-corrected chi connectivity index (χ0v) is 10.7. The van der Waals surface area contributed by atoms with Gasteiger partial charge in [0.15, 0.2) is 0 Å². The molecule has 0 aliphatic carbocycles. The number of fused-ring (bicyclic) bond motifs is 1.